The molecule has 3 rings (SSSR count). The van der Waals surface area contributed by atoms with Crippen molar-refractivity contribution in [3.05, 3.63) is 33.8 Å². The molecule has 2 heterocycles. The molecule has 1 aromatic rings. The lowest BCUT2D eigenvalue weighted by atomic mass is 9.88. The van der Waals surface area contributed by atoms with E-state index in [2.05, 4.69) is 16.8 Å². The van der Waals surface area contributed by atoms with Crippen LogP contribution in [0.5, 0.6) is 0 Å². The Balaban J connectivity index is 0.00000169. The predicted octanol–water partition coefficient (Wildman–Crippen LogP) is 4.00. The van der Waals surface area contributed by atoms with Gasteiger partial charge in [-0.3, -0.25) is 4.79 Å². The molecule has 0 bridgehead atoms. The van der Waals surface area contributed by atoms with Gasteiger partial charge in [0.15, 0.2) is 0 Å². The Hall–Kier alpha value is -0.520. The van der Waals surface area contributed by atoms with Gasteiger partial charge in [-0.15, -0.1) is 12.4 Å². The van der Waals surface area contributed by atoms with Crippen LogP contribution in [-0.2, 0) is 11.2 Å². The van der Waals surface area contributed by atoms with Gasteiger partial charge in [-0.25, -0.2) is 0 Å². The van der Waals surface area contributed by atoms with Crippen LogP contribution in [0, 0.1) is 0 Å². The Bertz CT molecular complexity index is 600. The van der Waals surface area contributed by atoms with E-state index in [9.17, 15) is 4.79 Å². The second kappa shape index (κ2) is 10.7. The molecule has 26 heavy (non-hydrogen) atoms. The summed E-state index contributed by atoms with van der Waals surface area (Å²) in [5, 5.41) is 1.05. The maximum absolute atomic E-state index is 13.0. The Morgan fingerprint density at radius 3 is 2.35 bits per heavy atom. The van der Waals surface area contributed by atoms with E-state index in [1.165, 1.54) is 25.7 Å². The van der Waals surface area contributed by atoms with Crippen molar-refractivity contribution >= 4 is 41.5 Å². The number of halogens is 3. The lowest BCUT2D eigenvalue weighted by Crippen LogP contribution is -2.56. The third kappa shape index (κ3) is 5.49. The summed E-state index contributed by atoms with van der Waals surface area (Å²) in [4.78, 5) is 17.5. The van der Waals surface area contributed by atoms with Crippen molar-refractivity contribution in [2.24, 2.45) is 0 Å². The maximum Gasteiger partial charge on any atom is 0.227 e. The zero-order chi connectivity index (χ0) is 17.1. The zero-order valence-corrected chi connectivity index (χ0v) is 17.5. The van der Waals surface area contributed by atoms with Gasteiger partial charge in [-0.05, 0) is 63.4 Å². The molecule has 0 aromatic heterocycles. The van der Waals surface area contributed by atoms with Gasteiger partial charge in [0.1, 0.15) is 0 Å². The first kappa shape index (κ1) is 23.5. The van der Waals surface area contributed by atoms with E-state index in [0.717, 1.165) is 31.5 Å². The summed E-state index contributed by atoms with van der Waals surface area (Å²) in [5.41, 5.74) is 0.940. The molecule has 2 fully saturated rings. The quantitative estimate of drug-likeness (QED) is 0.738. The molecule has 2 unspecified atom stereocenters. The van der Waals surface area contributed by atoms with Crippen LogP contribution >= 0.6 is 35.6 Å². The molecule has 2 atom stereocenters. The molecular formula is C19H29Cl3N2O2. The molecular weight excluding hydrogens is 395 g/mol. The van der Waals surface area contributed by atoms with Crippen LogP contribution in [0.1, 0.15) is 44.1 Å². The SMILES string of the molecule is CN1CCCCC1C1CCCCN1C(=O)Cc1ccc(Cl)c(Cl)c1.Cl.O. The lowest BCUT2D eigenvalue weighted by molar-refractivity contribution is -0.136. The zero-order valence-electron chi connectivity index (χ0n) is 15.2. The maximum atomic E-state index is 13.0. The van der Waals surface area contributed by atoms with Crippen LogP contribution in [0.3, 0.4) is 0 Å². The van der Waals surface area contributed by atoms with Gasteiger partial charge in [-0.2, -0.15) is 0 Å². The number of benzene rings is 1. The van der Waals surface area contributed by atoms with E-state index in [1.54, 1.807) is 6.07 Å². The molecule has 0 saturated carbocycles. The Morgan fingerprint density at radius 1 is 1.04 bits per heavy atom. The normalized spacial score (nSPS) is 23.7. The summed E-state index contributed by atoms with van der Waals surface area (Å²) < 4.78 is 0. The van der Waals surface area contributed by atoms with E-state index >= 15 is 0 Å². The number of nitrogens with zero attached hydrogens (tertiary/aromatic N) is 2. The van der Waals surface area contributed by atoms with Crippen LogP contribution in [0.25, 0.3) is 0 Å². The topological polar surface area (TPSA) is 55.0 Å². The molecule has 1 aromatic carbocycles. The lowest BCUT2D eigenvalue weighted by Gasteiger charge is -2.45. The molecule has 4 nitrogen and oxygen atoms in total. The number of likely N-dealkylation sites (tertiary alicyclic amines) is 2. The first-order valence-electron chi connectivity index (χ1n) is 9.00. The summed E-state index contributed by atoms with van der Waals surface area (Å²) in [6, 6.07) is 6.36. The number of hydrogen-bond donors (Lipinski definition) is 0. The van der Waals surface area contributed by atoms with E-state index in [4.69, 9.17) is 23.2 Å². The van der Waals surface area contributed by atoms with Crippen LogP contribution in [-0.4, -0.2) is 53.4 Å². The van der Waals surface area contributed by atoms with Gasteiger partial charge in [0.05, 0.1) is 16.5 Å². The number of amides is 1. The molecule has 0 spiro atoms. The van der Waals surface area contributed by atoms with Crippen molar-refractivity contribution in [3.8, 4) is 0 Å². The van der Waals surface area contributed by atoms with Gasteiger partial charge in [0.25, 0.3) is 0 Å². The first-order chi connectivity index (χ1) is 11.6. The average molecular weight is 424 g/mol. The first-order valence-corrected chi connectivity index (χ1v) is 9.75. The van der Waals surface area contributed by atoms with Gasteiger partial charge in [0, 0.05) is 18.6 Å². The average Bonchev–Trinajstić information content (AvgIpc) is 2.59. The fraction of sp³-hybridized carbons (Fsp3) is 0.632. The van der Waals surface area contributed by atoms with Gasteiger partial charge >= 0.3 is 0 Å². The fourth-order valence-electron chi connectivity index (χ4n) is 4.18. The summed E-state index contributed by atoms with van der Waals surface area (Å²) in [5.74, 6) is 0.220. The summed E-state index contributed by atoms with van der Waals surface area (Å²) in [7, 11) is 2.21. The highest BCUT2D eigenvalue weighted by atomic mass is 35.5. The van der Waals surface area contributed by atoms with Crippen LogP contribution in [0.2, 0.25) is 10.0 Å². The molecule has 148 valence electrons. The minimum atomic E-state index is 0. The Kier molecular flexibility index (Phi) is 9.70. The summed E-state index contributed by atoms with van der Waals surface area (Å²) in [6.07, 6.45) is 7.63. The summed E-state index contributed by atoms with van der Waals surface area (Å²) >= 11 is 12.1. The molecule has 2 N–H and O–H groups in total. The monoisotopic (exact) mass is 422 g/mol. The largest absolute Gasteiger partial charge is 0.412 e. The van der Waals surface area contributed by atoms with E-state index < -0.39 is 0 Å². The molecule has 1 amide bonds. The van der Waals surface area contributed by atoms with Crippen LogP contribution in [0.4, 0.5) is 0 Å². The molecule has 2 aliphatic heterocycles. The minimum absolute atomic E-state index is 0. The van der Waals surface area contributed by atoms with Gasteiger partial charge in [0.2, 0.25) is 5.91 Å². The van der Waals surface area contributed by atoms with E-state index in [0.29, 0.717) is 28.5 Å². The van der Waals surface area contributed by atoms with Crippen LogP contribution < -0.4 is 0 Å². The number of rotatable bonds is 3. The number of hydrogen-bond acceptors (Lipinski definition) is 2. The van der Waals surface area contributed by atoms with Crippen molar-refractivity contribution in [2.45, 2.75) is 57.0 Å². The third-order valence-corrected chi connectivity index (χ3v) is 6.22. The Labute approximate surface area is 172 Å². The smallest absolute Gasteiger partial charge is 0.227 e. The van der Waals surface area contributed by atoms with Crippen molar-refractivity contribution in [1.29, 1.82) is 0 Å². The minimum Gasteiger partial charge on any atom is -0.412 e. The van der Waals surface area contributed by atoms with Crippen molar-refractivity contribution in [2.75, 3.05) is 20.1 Å². The molecule has 2 aliphatic rings. The van der Waals surface area contributed by atoms with E-state index in [-0.39, 0.29) is 23.8 Å². The number of likely N-dealkylation sites (N-methyl/N-ethyl adjacent to an activating group) is 1. The van der Waals surface area contributed by atoms with Crippen molar-refractivity contribution in [3.63, 3.8) is 0 Å². The van der Waals surface area contributed by atoms with E-state index in [1.807, 2.05) is 12.1 Å². The molecule has 0 aliphatic carbocycles. The molecule has 2 saturated heterocycles. The highest BCUT2D eigenvalue weighted by Crippen LogP contribution is 2.29. The van der Waals surface area contributed by atoms with Crippen molar-refractivity contribution < 1.29 is 10.3 Å². The van der Waals surface area contributed by atoms with Crippen molar-refractivity contribution in [1.82, 2.24) is 9.80 Å². The highest BCUT2D eigenvalue weighted by Gasteiger charge is 2.35. The second-order valence-corrected chi connectivity index (χ2v) is 7.93. The molecule has 0 radical (unpaired) electrons. The van der Waals surface area contributed by atoms with Gasteiger partial charge < -0.3 is 15.3 Å². The van der Waals surface area contributed by atoms with Crippen LogP contribution in [0.15, 0.2) is 18.2 Å². The Morgan fingerprint density at radius 2 is 1.69 bits per heavy atom. The predicted molar refractivity (Wildman–Crippen MR) is 111 cm³/mol. The third-order valence-electron chi connectivity index (χ3n) is 5.48. The fourth-order valence-corrected chi connectivity index (χ4v) is 4.50. The number of carbonyl (C=O) groups is 1. The summed E-state index contributed by atoms with van der Waals surface area (Å²) in [6.45, 7) is 2.03. The van der Waals surface area contributed by atoms with Gasteiger partial charge in [-0.1, -0.05) is 35.7 Å². The second-order valence-electron chi connectivity index (χ2n) is 7.12. The number of carbonyl (C=O) groups excluding carboxylic acids is 1. The highest BCUT2D eigenvalue weighted by molar-refractivity contribution is 6.42. The number of piperidine rings is 2. The molecule has 7 heteroatoms. The standard InChI is InChI=1S/C19H26Cl2N2O.ClH.H2O/c1-22-10-4-2-6-17(22)18-7-3-5-11-23(18)19(24)13-14-8-9-15(20)16(21)12-14;;/h8-9,12,17-18H,2-7,10-11,13H2,1H3;1H;1H2.